The lowest BCUT2D eigenvalue weighted by atomic mass is 9.90. The molecule has 0 fully saturated rings. The van der Waals surface area contributed by atoms with E-state index in [1.54, 1.807) is 12.1 Å². The fraction of sp³-hybridized carbons (Fsp3) is 0.300. The maximum Gasteiger partial charge on any atom is 0.338 e. The molecule has 4 aliphatic carbocycles. The minimum absolute atomic E-state index is 0.367. The number of ether oxygens (including phenoxy) is 2. The minimum Gasteiger partial charge on any atom is -0.465 e. The van der Waals surface area contributed by atoms with Crippen molar-refractivity contribution in [1.29, 1.82) is 0 Å². The van der Waals surface area contributed by atoms with Crippen LogP contribution in [-0.4, -0.2) is 26.2 Å². The molecule has 0 amide bonds. The van der Waals surface area contributed by atoms with Crippen LogP contribution in [0.1, 0.15) is 43.0 Å². The van der Waals surface area contributed by atoms with Gasteiger partial charge in [-0.25, -0.2) is 9.59 Å². The molecule has 2 aromatic rings. The van der Waals surface area contributed by atoms with Gasteiger partial charge in [0.25, 0.3) is 0 Å². The van der Waals surface area contributed by atoms with Crippen LogP contribution in [0.2, 0.25) is 0 Å². The number of aryl methyl sites for hydroxylation is 4. The van der Waals surface area contributed by atoms with Gasteiger partial charge < -0.3 is 9.47 Å². The normalized spacial score (nSPS) is 13.1. The van der Waals surface area contributed by atoms with E-state index in [1.807, 2.05) is 0 Å². The fourth-order valence-electron chi connectivity index (χ4n) is 3.13. The highest BCUT2D eigenvalue weighted by atomic mass is 16.5. The van der Waals surface area contributed by atoms with E-state index in [9.17, 15) is 9.59 Å². The zero-order valence-electron chi connectivity index (χ0n) is 13.9. The highest BCUT2D eigenvalue weighted by Crippen LogP contribution is 2.24. The minimum atomic E-state index is -0.367. The summed E-state index contributed by atoms with van der Waals surface area (Å²) in [6, 6.07) is 12.1. The van der Waals surface area contributed by atoms with Crippen LogP contribution in [0.15, 0.2) is 36.4 Å². The summed E-state index contributed by atoms with van der Waals surface area (Å²) in [6.45, 7) is 0. The Balaban J connectivity index is 2.14. The molecule has 0 atom stereocenters. The first-order valence-corrected chi connectivity index (χ1v) is 8.02. The highest BCUT2D eigenvalue weighted by Gasteiger charge is 2.20. The molecule has 0 saturated carbocycles. The Morgan fingerprint density at radius 1 is 0.708 bits per heavy atom. The molecule has 124 valence electrons. The second kappa shape index (κ2) is 6.87. The van der Waals surface area contributed by atoms with Gasteiger partial charge in [-0.1, -0.05) is 24.3 Å². The van der Waals surface area contributed by atoms with Crippen LogP contribution in [-0.2, 0) is 35.2 Å². The lowest BCUT2D eigenvalue weighted by Crippen LogP contribution is -2.14. The Morgan fingerprint density at radius 3 is 1.42 bits per heavy atom. The first kappa shape index (κ1) is 16.2. The summed E-state index contributed by atoms with van der Waals surface area (Å²) in [5, 5.41) is 0. The standard InChI is InChI=1S/C20H20O4/c1-23-19(21)17-11-16-10-8-14-5-3-13(4-6-14)7-9-15(17)12-18(16)20(22)24-2/h3-6,11-12H,7-10H2,1-2H3. The summed E-state index contributed by atoms with van der Waals surface area (Å²) in [7, 11) is 2.75. The van der Waals surface area contributed by atoms with E-state index in [2.05, 4.69) is 24.3 Å². The van der Waals surface area contributed by atoms with Crippen LogP contribution >= 0.6 is 0 Å². The molecular formula is C20H20O4. The summed E-state index contributed by atoms with van der Waals surface area (Å²) in [4.78, 5) is 24.3. The Bertz CT molecular complexity index is 708. The van der Waals surface area contributed by atoms with Crippen LogP contribution in [0.4, 0.5) is 0 Å². The number of carbonyl (C=O) groups is 2. The van der Waals surface area contributed by atoms with E-state index >= 15 is 0 Å². The van der Waals surface area contributed by atoms with Gasteiger partial charge in [-0.15, -0.1) is 0 Å². The van der Waals surface area contributed by atoms with Crippen molar-refractivity contribution >= 4 is 11.9 Å². The molecule has 0 unspecified atom stereocenters. The van der Waals surface area contributed by atoms with Gasteiger partial charge in [0.1, 0.15) is 0 Å². The van der Waals surface area contributed by atoms with Gasteiger partial charge in [0.05, 0.1) is 25.3 Å². The molecule has 0 saturated heterocycles. The zero-order chi connectivity index (χ0) is 17.1. The van der Waals surface area contributed by atoms with Gasteiger partial charge >= 0.3 is 11.9 Å². The number of benzene rings is 2. The first-order chi connectivity index (χ1) is 11.6. The molecule has 0 aliphatic heterocycles. The Labute approximate surface area is 141 Å². The van der Waals surface area contributed by atoms with Gasteiger partial charge in [0, 0.05) is 0 Å². The van der Waals surface area contributed by atoms with Crippen molar-refractivity contribution in [2.24, 2.45) is 0 Å². The third kappa shape index (κ3) is 3.18. The number of esters is 2. The predicted molar refractivity (Wildman–Crippen MR) is 90.4 cm³/mol. The van der Waals surface area contributed by atoms with Crippen molar-refractivity contribution in [1.82, 2.24) is 0 Å². The first-order valence-electron chi connectivity index (χ1n) is 8.02. The summed E-state index contributed by atoms with van der Waals surface area (Å²) in [5.41, 5.74) is 5.12. The van der Waals surface area contributed by atoms with Crippen molar-refractivity contribution in [3.63, 3.8) is 0 Å². The van der Waals surface area contributed by atoms with Crippen LogP contribution < -0.4 is 0 Å². The SMILES string of the molecule is COC(=O)c1cc2c(C(=O)OC)cc1CCc1ccc(cc1)CC2. The molecule has 4 aliphatic rings. The number of hydrogen-bond donors (Lipinski definition) is 0. The number of rotatable bonds is 2. The van der Waals surface area contributed by atoms with Crippen LogP contribution in [0.25, 0.3) is 0 Å². The molecule has 0 aromatic heterocycles. The lowest BCUT2D eigenvalue weighted by molar-refractivity contribution is 0.0584. The Kier molecular flexibility index (Phi) is 4.65. The summed E-state index contributed by atoms with van der Waals surface area (Å²) in [6.07, 6.45) is 2.91. The molecule has 24 heavy (non-hydrogen) atoms. The molecule has 4 nitrogen and oxygen atoms in total. The van der Waals surface area contributed by atoms with Crippen molar-refractivity contribution in [2.45, 2.75) is 25.7 Å². The third-order valence-corrected chi connectivity index (χ3v) is 4.53. The maximum absolute atomic E-state index is 12.2. The van der Waals surface area contributed by atoms with E-state index in [0.29, 0.717) is 24.0 Å². The summed E-state index contributed by atoms with van der Waals surface area (Å²) < 4.78 is 9.85. The fourth-order valence-corrected chi connectivity index (χ4v) is 3.13. The van der Waals surface area contributed by atoms with Crippen LogP contribution in [0.3, 0.4) is 0 Å². The number of hydrogen-bond acceptors (Lipinski definition) is 4. The molecule has 0 N–H and O–H groups in total. The van der Waals surface area contributed by atoms with Crippen LogP contribution in [0, 0.1) is 0 Å². The van der Waals surface area contributed by atoms with E-state index < -0.39 is 0 Å². The van der Waals surface area contributed by atoms with Gasteiger partial charge in [0.15, 0.2) is 0 Å². The molecular weight excluding hydrogens is 304 g/mol. The largest absolute Gasteiger partial charge is 0.465 e. The molecule has 2 aromatic carbocycles. The van der Waals surface area contributed by atoms with Gasteiger partial charge in [0.2, 0.25) is 0 Å². The summed E-state index contributed by atoms with van der Waals surface area (Å²) >= 11 is 0. The highest BCUT2D eigenvalue weighted by molar-refractivity contribution is 5.96. The number of methoxy groups -OCH3 is 2. The second-order valence-corrected chi connectivity index (χ2v) is 5.97. The average molecular weight is 324 g/mol. The zero-order valence-corrected chi connectivity index (χ0v) is 13.9. The van der Waals surface area contributed by atoms with E-state index in [-0.39, 0.29) is 11.9 Å². The van der Waals surface area contributed by atoms with E-state index in [1.165, 1.54) is 25.3 Å². The van der Waals surface area contributed by atoms with Crippen molar-refractivity contribution in [3.8, 4) is 0 Å². The molecule has 6 rings (SSSR count). The quantitative estimate of drug-likeness (QED) is 0.796. The molecule has 4 bridgehead atoms. The van der Waals surface area contributed by atoms with Crippen LogP contribution in [0.5, 0.6) is 0 Å². The molecule has 4 heteroatoms. The Morgan fingerprint density at radius 2 is 1.08 bits per heavy atom. The van der Waals surface area contributed by atoms with Crippen molar-refractivity contribution in [2.75, 3.05) is 14.2 Å². The summed E-state index contributed by atoms with van der Waals surface area (Å²) in [5.74, 6) is -0.734. The topological polar surface area (TPSA) is 52.6 Å². The third-order valence-electron chi connectivity index (χ3n) is 4.53. The molecule has 0 spiro atoms. The second-order valence-electron chi connectivity index (χ2n) is 5.97. The van der Waals surface area contributed by atoms with E-state index in [4.69, 9.17) is 9.47 Å². The van der Waals surface area contributed by atoms with Gasteiger partial charge in [-0.05, 0) is 60.1 Å². The predicted octanol–water partition coefficient (Wildman–Crippen LogP) is 3.14. The smallest absolute Gasteiger partial charge is 0.338 e. The number of carbonyl (C=O) groups excluding carboxylic acids is 2. The molecule has 0 heterocycles. The van der Waals surface area contributed by atoms with Crippen molar-refractivity contribution in [3.05, 3.63) is 69.8 Å². The van der Waals surface area contributed by atoms with Gasteiger partial charge in [-0.2, -0.15) is 0 Å². The average Bonchev–Trinajstić information content (AvgIpc) is 2.62. The molecule has 0 radical (unpaired) electrons. The Hall–Kier alpha value is -2.62. The monoisotopic (exact) mass is 324 g/mol. The van der Waals surface area contributed by atoms with Crippen molar-refractivity contribution < 1.29 is 19.1 Å². The maximum atomic E-state index is 12.2. The lowest BCUT2D eigenvalue weighted by Gasteiger charge is -2.16. The van der Waals surface area contributed by atoms with E-state index in [0.717, 1.165) is 24.0 Å². The van der Waals surface area contributed by atoms with Gasteiger partial charge in [-0.3, -0.25) is 0 Å².